The summed E-state index contributed by atoms with van der Waals surface area (Å²) in [5.41, 5.74) is 4.88. The fraction of sp³-hybridized carbons (Fsp3) is 0.172. The van der Waals surface area contributed by atoms with Crippen LogP contribution in [-0.2, 0) is 16.6 Å². The molecule has 1 amide bonds. The lowest BCUT2D eigenvalue weighted by Crippen LogP contribution is -2.29. The van der Waals surface area contributed by atoms with Gasteiger partial charge in [-0.1, -0.05) is 24.3 Å². The number of aliphatic hydroxyl groups excluding tert-OH is 1. The van der Waals surface area contributed by atoms with Crippen LogP contribution in [0.25, 0.3) is 16.7 Å². The van der Waals surface area contributed by atoms with E-state index in [4.69, 9.17) is 0 Å². The van der Waals surface area contributed by atoms with Crippen LogP contribution in [0.2, 0.25) is 0 Å². The van der Waals surface area contributed by atoms with Crippen molar-refractivity contribution < 1.29 is 19.1 Å². The van der Waals surface area contributed by atoms with E-state index in [9.17, 15) is 19.1 Å². The van der Waals surface area contributed by atoms with Crippen LogP contribution in [0.3, 0.4) is 0 Å². The molecule has 1 unspecified atom stereocenters. The smallest absolute Gasteiger partial charge is 0.300 e. The van der Waals surface area contributed by atoms with Crippen LogP contribution in [-0.4, -0.2) is 21.4 Å². The van der Waals surface area contributed by atoms with Gasteiger partial charge in [-0.05, 0) is 73.9 Å². The number of ketones is 1. The van der Waals surface area contributed by atoms with Gasteiger partial charge in [-0.15, -0.1) is 0 Å². The molecule has 0 spiro atoms. The summed E-state index contributed by atoms with van der Waals surface area (Å²) in [5.74, 6) is -2.23. The first kappa shape index (κ1) is 22.6. The predicted octanol–water partition coefficient (Wildman–Crippen LogP) is 5.87. The minimum atomic E-state index is -0.853. The molecule has 0 bridgehead atoms. The number of amides is 1. The number of Topliss-reactive ketones (excluding diaryl/α,β-unsaturated/α-hetero) is 1. The highest BCUT2D eigenvalue weighted by molar-refractivity contribution is 6.51. The van der Waals surface area contributed by atoms with Gasteiger partial charge < -0.3 is 9.67 Å². The molecule has 3 aromatic carbocycles. The number of hydrogen-bond donors (Lipinski definition) is 1. The minimum Gasteiger partial charge on any atom is -0.507 e. The van der Waals surface area contributed by atoms with E-state index < -0.39 is 23.5 Å². The third-order valence-corrected chi connectivity index (χ3v) is 6.87. The van der Waals surface area contributed by atoms with Crippen molar-refractivity contribution in [1.29, 1.82) is 0 Å². The maximum Gasteiger partial charge on any atom is 0.300 e. The zero-order chi connectivity index (χ0) is 25.0. The molecule has 176 valence electrons. The number of fused-ring (bicyclic) bond motifs is 1. The lowest BCUT2D eigenvalue weighted by Gasteiger charge is -2.25. The van der Waals surface area contributed by atoms with Gasteiger partial charge >= 0.3 is 0 Å². The van der Waals surface area contributed by atoms with Crippen LogP contribution in [0.4, 0.5) is 10.1 Å². The van der Waals surface area contributed by atoms with Crippen molar-refractivity contribution in [2.24, 2.45) is 7.05 Å². The molecule has 1 aliphatic rings. The van der Waals surface area contributed by atoms with Gasteiger partial charge in [0.15, 0.2) is 0 Å². The summed E-state index contributed by atoms with van der Waals surface area (Å²) in [7, 11) is 1.90. The minimum absolute atomic E-state index is 0.0180. The lowest BCUT2D eigenvalue weighted by molar-refractivity contribution is -0.132. The Labute approximate surface area is 202 Å². The molecule has 6 heteroatoms. The molecule has 2 heterocycles. The molecule has 5 rings (SSSR count). The summed E-state index contributed by atoms with van der Waals surface area (Å²) < 4.78 is 15.9. The normalized spacial score (nSPS) is 17.5. The quantitative estimate of drug-likeness (QED) is 0.232. The van der Waals surface area contributed by atoms with Crippen LogP contribution < -0.4 is 4.90 Å². The molecule has 0 saturated carbocycles. The first-order chi connectivity index (χ1) is 16.7. The Morgan fingerprint density at radius 3 is 2.37 bits per heavy atom. The second-order valence-corrected chi connectivity index (χ2v) is 9.11. The number of carbonyl (C=O) groups is 2. The van der Waals surface area contributed by atoms with E-state index in [0.717, 1.165) is 27.6 Å². The number of para-hydroxylation sites is 1. The van der Waals surface area contributed by atoms with Crippen molar-refractivity contribution in [3.05, 3.63) is 106 Å². The molecule has 5 nitrogen and oxygen atoms in total. The van der Waals surface area contributed by atoms with Crippen LogP contribution in [0.5, 0.6) is 0 Å². The number of halogens is 1. The zero-order valence-corrected chi connectivity index (χ0v) is 20.0. The summed E-state index contributed by atoms with van der Waals surface area (Å²) in [4.78, 5) is 28.4. The van der Waals surface area contributed by atoms with Gasteiger partial charge in [0.25, 0.3) is 11.7 Å². The molecular weight excluding hydrogens is 443 g/mol. The number of carbonyl (C=O) groups excluding carboxylic acids is 2. The highest BCUT2D eigenvalue weighted by atomic mass is 19.1. The van der Waals surface area contributed by atoms with Crippen molar-refractivity contribution >= 4 is 34.0 Å². The largest absolute Gasteiger partial charge is 0.507 e. The number of hydrogen-bond acceptors (Lipinski definition) is 3. The maximum atomic E-state index is 13.9. The monoisotopic (exact) mass is 468 g/mol. The fourth-order valence-corrected chi connectivity index (χ4v) is 4.81. The Hall–Kier alpha value is -4.19. The SMILES string of the molecule is Cc1ccc(N2C(=O)C(=O)/C(=C(/O)c3ccc(F)c(C)c3)C2c2cn(C)c3ccccc23)cc1C. The van der Waals surface area contributed by atoms with Crippen molar-refractivity contribution in [3.8, 4) is 0 Å². The number of aliphatic hydroxyl groups is 1. The number of nitrogens with zero attached hydrogens (tertiary/aromatic N) is 2. The molecule has 0 aliphatic carbocycles. The summed E-state index contributed by atoms with van der Waals surface area (Å²) >= 11 is 0. The second kappa shape index (κ2) is 8.24. The predicted molar refractivity (Wildman–Crippen MR) is 135 cm³/mol. The first-order valence-electron chi connectivity index (χ1n) is 11.4. The molecule has 1 aromatic heterocycles. The number of anilines is 1. The Kier molecular flexibility index (Phi) is 5.32. The zero-order valence-electron chi connectivity index (χ0n) is 20.0. The second-order valence-electron chi connectivity index (χ2n) is 9.11. The summed E-state index contributed by atoms with van der Waals surface area (Å²) in [6, 6.07) is 16.6. The highest BCUT2D eigenvalue weighted by Crippen LogP contribution is 2.45. The van der Waals surface area contributed by atoms with Gasteiger partial charge in [-0.2, -0.15) is 0 Å². The highest BCUT2D eigenvalue weighted by Gasteiger charge is 2.48. The number of benzene rings is 3. The maximum absolute atomic E-state index is 13.9. The van der Waals surface area contributed by atoms with Gasteiger partial charge in [0.05, 0.1) is 11.6 Å². The standard InChI is InChI=1S/C29H25FN2O3/c1-16-9-11-20(14-17(16)2)32-26(22-15-31(4)24-8-6-5-7-21(22)24)25(28(34)29(32)35)27(33)19-10-12-23(30)18(3)13-19/h5-15,26,33H,1-4H3/b27-25+. The van der Waals surface area contributed by atoms with Crippen molar-refractivity contribution in [2.75, 3.05) is 4.90 Å². The third-order valence-electron chi connectivity index (χ3n) is 6.87. The van der Waals surface area contributed by atoms with Gasteiger partial charge in [-0.25, -0.2) is 4.39 Å². The molecule has 35 heavy (non-hydrogen) atoms. The van der Waals surface area contributed by atoms with E-state index in [1.807, 2.05) is 74.1 Å². The van der Waals surface area contributed by atoms with Crippen LogP contribution >= 0.6 is 0 Å². The van der Waals surface area contributed by atoms with Gasteiger partial charge in [-0.3, -0.25) is 14.5 Å². The molecule has 1 saturated heterocycles. The third kappa shape index (κ3) is 3.53. The molecule has 1 N–H and O–H groups in total. The number of aryl methyl sites for hydroxylation is 4. The molecule has 1 aliphatic heterocycles. The topological polar surface area (TPSA) is 62.5 Å². The van der Waals surface area contributed by atoms with Crippen molar-refractivity contribution in [2.45, 2.75) is 26.8 Å². The van der Waals surface area contributed by atoms with Crippen molar-refractivity contribution in [1.82, 2.24) is 4.57 Å². The average Bonchev–Trinajstić information content (AvgIpc) is 3.31. The molecule has 1 atom stereocenters. The molecular formula is C29H25FN2O3. The number of rotatable bonds is 3. The van der Waals surface area contributed by atoms with Crippen molar-refractivity contribution in [3.63, 3.8) is 0 Å². The molecule has 1 fully saturated rings. The first-order valence-corrected chi connectivity index (χ1v) is 11.4. The Bertz CT molecular complexity index is 1560. The summed E-state index contributed by atoms with van der Waals surface area (Å²) in [6.07, 6.45) is 1.89. The van der Waals surface area contributed by atoms with Gasteiger partial charge in [0.1, 0.15) is 11.6 Å². The Morgan fingerprint density at radius 1 is 0.914 bits per heavy atom. The van der Waals surface area contributed by atoms with E-state index in [2.05, 4.69) is 0 Å². The van der Waals surface area contributed by atoms with E-state index in [-0.39, 0.29) is 16.9 Å². The Balaban J connectivity index is 1.81. The van der Waals surface area contributed by atoms with Crippen LogP contribution in [0.1, 0.15) is 33.9 Å². The average molecular weight is 469 g/mol. The van der Waals surface area contributed by atoms with Crippen LogP contribution in [0.15, 0.2) is 72.4 Å². The summed E-state index contributed by atoms with van der Waals surface area (Å²) in [5, 5.41) is 12.2. The lowest BCUT2D eigenvalue weighted by atomic mass is 9.94. The summed E-state index contributed by atoms with van der Waals surface area (Å²) in [6.45, 7) is 5.51. The van der Waals surface area contributed by atoms with Crippen LogP contribution in [0, 0.1) is 26.6 Å². The van der Waals surface area contributed by atoms with Gasteiger partial charge in [0.2, 0.25) is 0 Å². The van der Waals surface area contributed by atoms with E-state index >= 15 is 0 Å². The van der Waals surface area contributed by atoms with Gasteiger partial charge in [0, 0.05) is 41.0 Å². The molecule has 0 radical (unpaired) electrons. The number of aromatic nitrogens is 1. The Morgan fingerprint density at radius 2 is 1.66 bits per heavy atom. The molecule has 4 aromatic rings. The van der Waals surface area contributed by atoms with E-state index in [1.165, 1.54) is 23.1 Å². The van der Waals surface area contributed by atoms with E-state index in [0.29, 0.717) is 11.3 Å². The van der Waals surface area contributed by atoms with E-state index in [1.54, 1.807) is 6.92 Å². The fourth-order valence-electron chi connectivity index (χ4n) is 4.81.